The predicted octanol–water partition coefficient (Wildman–Crippen LogP) is 5.37. The number of rotatable bonds is 6. The van der Waals surface area contributed by atoms with Gasteiger partial charge in [-0.25, -0.2) is 9.78 Å². The fraction of sp³-hybridized carbons (Fsp3) is 0.143. The molecule has 2 aromatic carbocycles. The van der Waals surface area contributed by atoms with E-state index in [0.29, 0.717) is 29.6 Å². The number of aryl methyl sites for hydroxylation is 1. The summed E-state index contributed by atoms with van der Waals surface area (Å²) in [5, 5.41) is 4.35. The lowest BCUT2D eigenvalue weighted by atomic mass is 10.1. The van der Waals surface area contributed by atoms with E-state index in [1.54, 1.807) is 18.2 Å². The third-order valence-electron chi connectivity index (χ3n) is 4.08. The Kier molecular flexibility index (Phi) is 5.32. The van der Waals surface area contributed by atoms with E-state index in [1.165, 1.54) is 17.4 Å². The fourth-order valence-corrected chi connectivity index (χ4v) is 3.53. The third kappa shape index (κ3) is 4.35. The van der Waals surface area contributed by atoms with Crippen LogP contribution in [-0.4, -0.2) is 4.98 Å². The molecule has 0 aliphatic carbocycles. The van der Waals surface area contributed by atoms with E-state index in [1.807, 2.05) is 36.6 Å². The molecule has 0 saturated heterocycles. The molecule has 0 saturated carbocycles. The molecule has 28 heavy (non-hydrogen) atoms. The highest BCUT2D eigenvalue weighted by Gasteiger charge is 2.07. The standard InChI is InChI=1S/C21H16ClNO4S/c1-13-8-21(24)27-19-9-17(6-7-18(13)19)25-10-15-12-28-20(23-15)11-26-16-4-2-14(22)3-5-16/h2-9,12H,10-11H2,1H3. The number of halogens is 1. The molecule has 0 atom stereocenters. The molecule has 0 aliphatic rings. The summed E-state index contributed by atoms with van der Waals surface area (Å²) >= 11 is 7.38. The molecule has 2 aromatic heterocycles. The molecule has 0 fully saturated rings. The van der Waals surface area contributed by atoms with Gasteiger partial charge in [0.15, 0.2) is 0 Å². The fourth-order valence-electron chi connectivity index (χ4n) is 2.71. The average molecular weight is 414 g/mol. The molecule has 4 aromatic rings. The van der Waals surface area contributed by atoms with Crippen molar-refractivity contribution in [3.8, 4) is 11.5 Å². The quantitative estimate of drug-likeness (QED) is 0.398. The lowest BCUT2D eigenvalue weighted by molar-refractivity contribution is 0.294. The Morgan fingerprint density at radius 1 is 1.04 bits per heavy atom. The van der Waals surface area contributed by atoms with Crippen molar-refractivity contribution in [3.05, 3.63) is 85.6 Å². The van der Waals surface area contributed by atoms with E-state index in [0.717, 1.165) is 27.4 Å². The van der Waals surface area contributed by atoms with Crippen LogP contribution in [0.5, 0.6) is 11.5 Å². The Labute approximate surface area is 170 Å². The van der Waals surface area contributed by atoms with Crippen molar-refractivity contribution >= 4 is 33.9 Å². The van der Waals surface area contributed by atoms with Gasteiger partial charge in [0.2, 0.25) is 0 Å². The Balaban J connectivity index is 1.38. The molecule has 5 nitrogen and oxygen atoms in total. The minimum atomic E-state index is -0.369. The van der Waals surface area contributed by atoms with Crippen LogP contribution in [0.1, 0.15) is 16.3 Å². The van der Waals surface area contributed by atoms with Crippen LogP contribution in [-0.2, 0) is 13.2 Å². The second kappa shape index (κ2) is 8.04. The van der Waals surface area contributed by atoms with E-state index in [4.69, 9.17) is 25.5 Å². The Morgan fingerprint density at radius 2 is 1.79 bits per heavy atom. The number of aromatic nitrogens is 1. The van der Waals surface area contributed by atoms with Gasteiger partial charge in [0, 0.05) is 27.9 Å². The van der Waals surface area contributed by atoms with Gasteiger partial charge < -0.3 is 13.9 Å². The van der Waals surface area contributed by atoms with Gasteiger partial charge in [-0.2, -0.15) is 0 Å². The Morgan fingerprint density at radius 3 is 2.61 bits per heavy atom. The first-order chi connectivity index (χ1) is 13.6. The molecular weight excluding hydrogens is 398 g/mol. The average Bonchev–Trinajstić information content (AvgIpc) is 3.13. The van der Waals surface area contributed by atoms with E-state index in [9.17, 15) is 4.79 Å². The summed E-state index contributed by atoms with van der Waals surface area (Å²) in [4.78, 5) is 16.1. The van der Waals surface area contributed by atoms with Crippen LogP contribution in [0.2, 0.25) is 5.02 Å². The van der Waals surface area contributed by atoms with Gasteiger partial charge >= 0.3 is 5.63 Å². The van der Waals surface area contributed by atoms with Gasteiger partial charge in [-0.1, -0.05) is 11.6 Å². The highest BCUT2D eigenvalue weighted by atomic mass is 35.5. The Bertz CT molecular complexity index is 1170. The van der Waals surface area contributed by atoms with E-state index >= 15 is 0 Å². The summed E-state index contributed by atoms with van der Waals surface area (Å²) in [5.41, 5.74) is 1.83. The van der Waals surface area contributed by atoms with Crippen LogP contribution in [0.3, 0.4) is 0 Å². The first kappa shape index (κ1) is 18.5. The van der Waals surface area contributed by atoms with Crippen molar-refractivity contribution < 1.29 is 13.9 Å². The third-order valence-corrected chi connectivity index (χ3v) is 5.21. The minimum absolute atomic E-state index is 0.318. The molecule has 2 heterocycles. The summed E-state index contributed by atoms with van der Waals surface area (Å²) in [6.45, 7) is 2.58. The lowest BCUT2D eigenvalue weighted by Crippen LogP contribution is -2.00. The van der Waals surface area contributed by atoms with Crippen LogP contribution in [0.4, 0.5) is 0 Å². The zero-order valence-corrected chi connectivity index (χ0v) is 16.5. The van der Waals surface area contributed by atoms with Crippen molar-refractivity contribution in [3.63, 3.8) is 0 Å². The summed E-state index contributed by atoms with van der Waals surface area (Å²) in [6.07, 6.45) is 0. The van der Waals surface area contributed by atoms with Crippen molar-refractivity contribution in [2.24, 2.45) is 0 Å². The van der Waals surface area contributed by atoms with Gasteiger partial charge in [-0.15, -0.1) is 11.3 Å². The van der Waals surface area contributed by atoms with Crippen molar-refractivity contribution in [2.75, 3.05) is 0 Å². The molecule has 0 aliphatic heterocycles. The molecule has 7 heteroatoms. The maximum atomic E-state index is 11.5. The lowest BCUT2D eigenvalue weighted by Gasteiger charge is -2.06. The van der Waals surface area contributed by atoms with Crippen LogP contribution < -0.4 is 15.1 Å². The van der Waals surface area contributed by atoms with E-state index < -0.39 is 0 Å². The number of thiazole rings is 1. The van der Waals surface area contributed by atoms with Gasteiger partial charge in [0.1, 0.15) is 35.3 Å². The number of ether oxygens (including phenoxy) is 2. The number of hydrogen-bond acceptors (Lipinski definition) is 6. The molecule has 0 amide bonds. The molecule has 0 N–H and O–H groups in total. The normalized spacial score (nSPS) is 10.9. The highest BCUT2D eigenvalue weighted by Crippen LogP contribution is 2.23. The zero-order valence-electron chi connectivity index (χ0n) is 15.0. The monoisotopic (exact) mass is 413 g/mol. The molecular formula is C21H16ClNO4S. The Hall–Kier alpha value is -2.83. The summed E-state index contributed by atoms with van der Waals surface area (Å²) in [7, 11) is 0. The first-order valence-electron chi connectivity index (χ1n) is 8.56. The molecule has 142 valence electrons. The first-order valence-corrected chi connectivity index (χ1v) is 9.81. The van der Waals surface area contributed by atoms with Crippen LogP contribution in [0.15, 0.2) is 63.1 Å². The maximum Gasteiger partial charge on any atom is 0.336 e. The second-order valence-corrected chi connectivity index (χ2v) is 7.55. The van der Waals surface area contributed by atoms with Crippen molar-refractivity contribution in [2.45, 2.75) is 20.1 Å². The van der Waals surface area contributed by atoms with Crippen LogP contribution in [0, 0.1) is 6.92 Å². The number of nitrogens with zero attached hydrogens (tertiary/aromatic N) is 1. The van der Waals surface area contributed by atoms with E-state index in [2.05, 4.69) is 4.98 Å². The molecule has 0 spiro atoms. The zero-order chi connectivity index (χ0) is 19.5. The van der Waals surface area contributed by atoms with Crippen molar-refractivity contribution in [1.82, 2.24) is 4.98 Å². The second-order valence-electron chi connectivity index (χ2n) is 6.17. The number of benzene rings is 2. The summed E-state index contributed by atoms with van der Waals surface area (Å²) in [5.74, 6) is 1.36. The molecule has 0 unspecified atom stereocenters. The molecule has 0 radical (unpaired) electrons. The largest absolute Gasteiger partial charge is 0.487 e. The topological polar surface area (TPSA) is 61.6 Å². The number of fused-ring (bicyclic) bond motifs is 1. The number of hydrogen-bond donors (Lipinski definition) is 0. The highest BCUT2D eigenvalue weighted by molar-refractivity contribution is 7.09. The van der Waals surface area contributed by atoms with Gasteiger partial charge in [0.25, 0.3) is 0 Å². The van der Waals surface area contributed by atoms with Gasteiger partial charge in [-0.3, -0.25) is 0 Å². The minimum Gasteiger partial charge on any atom is -0.487 e. The van der Waals surface area contributed by atoms with Gasteiger partial charge in [0.05, 0.1) is 5.69 Å². The van der Waals surface area contributed by atoms with E-state index in [-0.39, 0.29) is 5.63 Å². The van der Waals surface area contributed by atoms with Gasteiger partial charge in [-0.05, 0) is 48.9 Å². The summed E-state index contributed by atoms with van der Waals surface area (Å²) < 4.78 is 16.7. The van der Waals surface area contributed by atoms with Crippen LogP contribution in [0.25, 0.3) is 11.0 Å². The smallest absolute Gasteiger partial charge is 0.336 e. The molecule has 4 rings (SSSR count). The van der Waals surface area contributed by atoms with Crippen LogP contribution >= 0.6 is 22.9 Å². The molecule has 0 bridgehead atoms. The predicted molar refractivity (Wildman–Crippen MR) is 109 cm³/mol. The summed E-state index contributed by atoms with van der Waals surface area (Å²) in [6, 6.07) is 14.1. The SMILES string of the molecule is Cc1cc(=O)oc2cc(OCc3csc(COc4ccc(Cl)cc4)n3)ccc12. The van der Waals surface area contributed by atoms with Crippen molar-refractivity contribution in [1.29, 1.82) is 0 Å². The maximum absolute atomic E-state index is 11.5.